The predicted octanol–water partition coefficient (Wildman–Crippen LogP) is 3.36. The molecule has 0 heterocycles. The number of carbonyl (C=O) groups excluding carboxylic acids is 1. The molecular weight excluding hydrogens is 490 g/mol. The number of ether oxygens (including phenoxy) is 2. The van der Waals surface area contributed by atoms with E-state index in [1.165, 1.54) is 37.6 Å². The van der Waals surface area contributed by atoms with Crippen molar-refractivity contribution >= 4 is 49.7 Å². The Labute approximate surface area is 170 Å². The summed E-state index contributed by atoms with van der Waals surface area (Å²) in [6.07, 6.45) is 1.33. The van der Waals surface area contributed by atoms with Crippen molar-refractivity contribution in [3.63, 3.8) is 0 Å². The number of nitro benzene ring substituents is 1. The van der Waals surface area contributed by atoms with Crippen LogP contribution in [0.2, 0.25) is 0 Å². The van der Waals surface area contributed by atoms with E-state index in [1.54, 1.807) is 6.07 Å². The van der Waals surface area contributed by atoms with Gasteiger partial charge in [0.05, 0.1) is 22.7 Å². The average molecular weight is 503 g/mol. The Morgan fingerprint density at radius 3 is 2.70 bits per heavy atom. The molecule has 142 valence electrons. The van der Waals surface area contributed by atoms with E-state index >= 15 is 0 Å². The average Bonchev–Trinajstić information content (AvgIpc) is 2.66. The van der Waals surface area contributed by atoms with Crippen LogP contribution in [0.1, 0.15) is 5.56 Å². The number of hydrazone groups is 1. The van der Waals surface area contributed by atoms with Gasteiger partial charge >= 0.3 is 5.69 Å². The zero-order valence-electron chi connectivity index (χ0n) is 13.8. The van der Waals surface area contributed by atoms with E-state index in [-0.39, 0.29) is 22.9 Å². The van der Waals surface area contributed by atoms with E-state index in [1.807, 2.05) is 0 Å². The molecule has 2 N–H and O–H groups in total. The second-order valence-electron chi connectivity index (χ2n) is 4.95. The van der Waals surface area contributed by atoms with Crippen LogP contribution in [0.15, 0.2) is 44.4 Å². The van der Waals surface area contributed by atoms with E-state index in [9.17, 15) is 20.0 Å². The number of nitrogens with one attached hydrogen (secondary N) is 1. The minimum absolute atomic E-state index is 0.0171. The monoisotopic (exact) mass is 501 g/mol. The van der Waals surface area contributed by atoms with Crippen molar-refractivity contribution in [1.82, 2.24) is 5.43 Å². The van der Waals surface area contributed by atoms with Gasteiger partial charge in [-0.1, -0.05) is 12.1 Å². The number of halogens is 2. The number of phenols is 1. The predicted molar refractivity (Wildman–Crippen MR) is 104 cm³/mol. The molecule has 0 unspecified atom stereocenters. The fourth-order valence-corrected chi connectivity index (χ4v) is 2.77. The summed E-state index contributed by atoms with van der Waals surface area (Å²) in [6, 6.07) is 7.25. The second-order valence-corrected chi connectivity index (χ2v) is 6.54. The molecule has 0 atom stereocenters. The highest BCUT2D eigenvalue weighted by Crippen LogP contribution is 2.41. The lowest BCUT2D eigenvalue weighted by Gasteiger charge is -2.09. The fraction of sp³-hybridized carbons (Fsp3) is 0.125. The summed E-state index contributed by atoms with van der Waals surface area (Å²) in [4.78, 5) is 22.1. The Bertz CT molecular complexity index is 904. The van der Waals surface area contributed by atoms with Crippen molar-refractivity contribution in [2.24, 2.45) is 5.10 Å². The van der Waals surface area contributed by atoms with Gasteiger partial charge in [0.2, 0.25) is 0 Å². The van der Waals surface area contributed by atoms with E-state index in [0.717, 1.165) is 0 Å². The number of aromatic hydroxyl groups is 1. The molecule has 0 saturated carbocycles. The zero-order chi connectivity index (χ0) is 20.0. The summed E-state index contributed by atoms with van der Waals surface area (Å²) in [5, 5.41) is 24.6. The molecule has 11 heteroatoms. The maximum absolute atomic E-state index is 11.8. The molecule has 0 fully saturated rings. The van der Waals surface area contributed by atoms with Crippen LogP contribution >= 0.6 is 31.9 Å². The van der Waals surface area contributed by atoms with Gasteiger partial charge < -0.3 is 14.6 Å². The lowest BCUT2D eigenvalue weighted by molar-refractivity contribution is -0.385. The number of amides is 1. The van der Waals surface area contributed by atoms with Crippen LogP contribution < -0.4 is 14.9 Å². The minimum atomic E-state index is -0.606. The number of para-hydroxylation sites is 2. The summed E-state index contributed by atoms with van der Waals surface area (Å²) in [6.45, 7) is -0.452. The van der Waals surface area contributed by atoms with E-state index < -0.39 is 17.4 Å². The first-order chi connectivity index (χ1) is 12.8. The van der Waals surface area contributed by atoms with Crippen molar-refractivity contribution in [3.8, 4) is 17.2 Å². The maximum Gasteiger partial charge on any atom is 0.310 e. The Kier molecular flexibility index (Phi) is 7.13. The number of methoxy groups -OCH3 is 1. The summed E-state index contributed by atoms with van der Waals surface area (Å²) in [7, 11) is 1.40. The van der Waals surface area contributed by atoms with Gasteiger partial charge in [0.1, 0.15) is 0 Å². The van der Waals surface area contributed by atoms with Gasteiger partial charge in [0, 0.05) is 16.1 Å². The molecule has 2 aromatic rings. The molecule has 0 aromatic heterocycles. The minimum Gasteiger partial charge on any atom is -0.503 e. The number of phenolic OH excluding ortho intramolecular Hbond substituents is 1. The van der Waals surface area contributed by atoms with Crippen LogP contribution in [0.25, 0.3) is 0 Å². The standard InChI is InChI=1S/C16H13Br2N3O6/c1-26-12-6-9(14(17)15(18)16(12)23)7-19-20-13(22)8-27-11-5-3-2-4-10(11)21(24)25/h2-7,23H,8H2,1H3,(H,20,22). The van der Waals surface area contributed by atoms with Gasteiger partial charge in [-0.05, 0) is 44.0 Å². The first-order valence-electron chi connectivity index (χ1n) is 7.28. The molecule has 9 nitrogen and oxygen atoms in total. The molecule has 0 bridgehead atoms. The number of hydrogen-bond donors (Lipinski definition) is 2. The summed E-state index contributed by atoms with van der Waals surface area (Å²) in [5.41, 5.74) is 2.53. The number of benzene rings is 2. The molecule has 0 aliphatic rings. The highest BCUT2D eigenvalue weighted by Gasteiger charge is 2.15. The van der Waals surface area contributed by atoms with Crippen LogP contribution in [0, 0.1) is 10.1 Å². The quantitative estimate of drug-likeness (QED) is 0.340. The third-order valence-electron chi connectivity index (χ3n) is 3.21. The van der Waals surface area contributed by atoms with Gasteiger partial charge in [-0.3, -0.25) is 14.9 Å². The first-order valence-corrected chi connectivity index (χ1v) is 8.86. The summed E-state index contributed by atoms with van der Waals surface area (Å²) in [5.74, 6) is -0.483. The number of nitrogens with zero attached hydrogens (tertiary/aromatic N) is 2. The summed E-state index contributed by atoms with van der Waals surface area (Å²) >= 11 is 6.50. The van der Waals surface area contributed by atoms with Crippen molar-refractivity contribution in [2.75, 3.05) is 13.7 Å². The van der Waals surface area contributed by atoms with Gasteiger partial charge in [-0.2, -0.15) is 5.10 Å². The molecule has 27 heavy (non-hydrogen) atoms. The van der Waals surface area contributed by atoms with Crippen molar-refractivity contribution in [2.45, 2.75) is 0 Å². The molecule has 2 rings (SSSR count). The van der Waals surface area contributed by atoms with Crippen LogP contribution in [0.4, 0.5) is 5.69 Å². The molecular formula is C16H13Br2N3O6. The Morgan fingerprint density at radius 2 is 2.04 bits per heavy atom. The fourth-order valence-electron chi connectivity index (χ4n) is 1.94. The van der Waals surface area contributed by atoms with E-state index in [4.69, 9.17) is 9.47 Å². The topological polar surface area (TPSA) is 123 Å². The van der Waals surface area contributed by atoms with Crippen LogP contribution in [-0.2, 0) is 4.79 Å². The Balaban J connectivity index is 2.00. The molecule has 2 aromatic carbocycles. The van der Waals surface area contributed by atoms with Gasteiger partial charge in [0.25, 0.3) is 5.91 Å². The second kappa shape index (κ2) is 9.33. The molecule has 0 spiro atoms. The van der Waals surface area contributed by atoms with Gasteiger partial charge in [0.15, 0.2) is 23.9 Å². The SMILES string of the molecule is COc1cc(C=NNC(=O)COc2ccccc2[N+](=O)[O-])c(Br)c(Br)c1O. The smallest absolute Gasteiger partial charge is 0.310 e. The third-order valence-corrected chi connectivity index (χ3v) is 5.37. The number of carbonyl (C=O) groups is 1. The number of hydrogen-bond acceptors (Lipinski definition) is 7. The molecule has 0 aliphatic carbocycles. The molecule has 0 saturated heterocycles. The van der Waals surface area contributed by atoms with Gasteiger partial charge in [-0.25, -0.2) is 5.43 Å². The van der Waals surface area contributed by atoms with E-state index in [2.05, 4.69) is 42.4 Å². The lowest BCUT2D eigenvalue weighted by atomic mass is 10.2. The molecule has 0 radical (unpaired) electrons. The third kappa shape index (κ3) is 5.17. The first kappa shape index (κ1) is 20.6. The highest BCUT2D eigenvalue weighted by atomic mass is 79.9. The maximum atomic E-state index is 11.8. The van der Waals surface area contributed by atoms with Gasteiger partial charge in [-0.15, -0.1) is 0 Å². The summed E-state index contributed by atoms with van der Waals surface area (Å²) < 4.78 is 11.1. The van der Waals surface area contributed by atoms with Crippen molar-refractivity contribution in [1.29, 1.82) is 0 Å². The van der Waals surface area contributed by atoms with Crippen molar-refractivity contribution < 1.29 is 24.3 Å². The Hall–Kier alpha value is -2.66. The normalized spacial score (nSPS) is 10.6. The number of nitro groups is 1. The van der Waals surface area contributed by atoms with Crippen LogP contribution in [-0.4, -0.2) is 35.9 Å². The number of rotatable bonds is 7. The zero-order valence-corrected chi connectivity index (χ0v) is 17.0. The lowest BCUT2D eigenvalue weighted by Crippen LogP contribution is -2.24. The van der Waals surface area contributed by atoms with Crippen LogP contribution in [0.3, 0.4) is 0 Å². The Morgan fingerprint density at radius 1 is 1.33 bits per heavy atom. The van der Waals surface area contributed by atoms with Crippen molar-refractivity contribution in [3.05, 3.63) is 55.0 Å². The van der Waals surface area contributed by atoms with E-state index in [0.29, 0.717) is 14.5 Å². The van der Waals surface area contributed by atoms with Crippen LogP contribution in [0.5, 0.6) is 17.2 Å². The molecule has 1 amide bonds. The highest BCUT2D eigenvalue weighted by molar-refractivity contribution is 9.13. The molecule has 0 aliphatic heterocycles. The largest absolute Gasteiger partial charge is 0.503 e.